The molecule has 6 nitrogen and oxygen atoms in total. The molecule has 0 spiro atoms. The monoisotopic (exact) mass is 380 g/mol. The van der Waals surface area contributed by atoms with Gasteiger partial charge in [0.25, 0.3) is 0 Å². The number of hydrogen-bond donors (Lipinski definition) is 0. The Hall–Kier alpha value is -1.73. The third-order valence-corrected chi connectivity index (χ3v) is 5.10. The molecule has 0 aromatic carbocycles. The number of anilines is 1. The van der Waals surface area contributed by atoms with Crippen LogP contribution >= 0.6 is 23.4 Å². The lowest BCUT2D eigenvalue weighted by molar-refractivity contribution is 0.169. The van der Waals surface area contributed by atoms with E-state index in [9.17, 15) is 0 Å². The number of pyridine rings is 1. The van der Waals surface area contributed by atoms with Crippen LogP contribution in [0.15, 0.2) is 23.5 Å². The van der Waals surface area contributed by atoms with E-state index in [1.165, 1.54) is 11.8 Å². The lowest BCUT2D eigenvalue weighted by Crippen LogP contribution is -2.39. The van der Waals surface area contributed by atoms with Crippen LogP contribution in [0, 0.1) is 6.92 Å². The molecular weight excluding hydrogens is 360 g/mol. The van der Waals surface area contributed by atoms with Crippen LogP contribution in [-0.4, -0.2) is 47.5 Å². The van der Waals surface area contributed by atoms with Crippen LogP contribution in [0.4, 0.5) is 5.82 Å². The fourth-order valence-corrected chi connectivity index (χ4v) is 3.37. The number of nitrogens with zero attached hydrogens (tertiary/aromatic N) is 4. The largest absolute Gasteiger partial charge is 0.489 e. The van der Waals surface area contributed by atoms with Crippen LogP contribution in [0.25, 0.3) is 0 Å². The molecule has 0 N–H and O–H groups in total. The van der Waals surface area contributed by atoms with E-state index in [4.69, 9.17) is 21.1 Å². The van der Waals surface area contributed by atoms with Crippen LogP contribution < -0.4 is 14.4 Å². The van der Waals surface area contributed by atoms with Crippen molar-refractivity contribution in [1.82, 2.24) is 15.0 Å². The predicted octanol–water partition coefficient (Wildman–Crippen LogP) is 3.61. The minimum atomic E-state index is 0.170. The van der Waals surface area contributed by atoms with Crippen LogP contribution in [-0.2, 0) is 0 Å². The molecule has 2 aromatic heterocycles. The summed E-state index contributed by atoms with van der Waals surface area (Å²) in [6, 6.07) is 3.69. The zero-order chi connectivity index (χ0) is 17.8. The molecule has 25 heavy (non-hydrogen) atoms. The minimum Gasteiger partial charge on any atom is -0.489 e. The van der Waals surface area contributed by atoms with Crippen molar-refractivity contribution < 1.29 is 9.47 Å². The fraction of sp³-hybridized carbons (Fsp3) is 0.471. The molecule has 0 amide bonds. The molecule has 0 unspecified atom stereocenters. The summed E-state index contributed by atoms with van der Waals surface area (Å²) in [5.74, 6) is 2.28. The van der Waals surface area contributed by atoms with Crippen LogP contribution in [0.1, 0.15) is 18.4 Å². The highest BCUT2D eigenvalue weighted by Gasteiger charge is 2.24. The molecule has 1 fully saturated rings. The summed E-state index contributed by atoms with van der Waals surface area (Å²) >= 11 is 7.74. The zero-order valence-corrected chi connectivity index (χ0v) is 16.1. The average molecular weight is 381 g/mol. The van der Waals surface area contributed by atoms with Gasteiger partial charge in [0.15, 0.2) is 5.16 Å². The number of halogens is 1. The molecule has 0 aliphatic carbocycles. The van der Waals surface area contributed by atoms with Gasteiger partial charge in [-0.25, -0.2) is 15.0 Å². The number of rotatable bonds is 5. The third-order valence-electron chi connectivity index (χ3n) is 4.19. The molecule has 1 saturated heterocycles. The first-order chi connectivity index (χ1) is 12.1. The topological polar surface area (TPSA) is 60.4 Å². The summed E-state index contributed by atoms with van der Waals surface area (Å²) in [6.07, 6.45) is 5.66. The van der Waals surface area contributed by atoms with Crippen LogP contribution in [0.5, 0.6) is 11.6 Å². The molecular formula is C17H21ClN4O2S. The number of thioether (sulfide) groups is 1. The van der Waals surface area contributed by atoms with Gasteiger partial charge >= 0.3 is 0 Å². The maximum absolute atomic E-state index is 6.24. The molecule has 134 valence electrons. The van der Waals surface area contributed by atoms with Crippen molar-refractivity contribution >= 4 is 29.2 Å². The Bertz CT molecular complexity index is 721. The minimum absolute atomic E-state index is 0.170. The van der Waals surface area contributed by atoms with E-state index in [0.29, 0.717) is 16.2 Å². The first kappa shape index (κ1) is 18.1. The summed E-state index contributed by atoms with van der Waals surface area (Å²) in [5, 5.41) is 1.23. The molecule has 3 heterocycles. The van der Waals surface area contributed by atoms with Gasteiger partial charge in [-0.15, -0.1) is 0 Å². The molecule has 1 aliphatic rings. The Balaban J connectivity index is 1.62. The maximum Gasteiger partial charge on any atom is 0.213 e. The van der Waals surface area contributed by atoms with E-state index in [1.54, 1.807) is 19.4 Å². The number of hydrogen-bond acceptors (Lipinski definition) is 7. The molecule has 0 radical (unpaired) electrons. The van der Waals surface area contributed by atoms with Gasteiger partial charge in [-0.3, -0.25) is 0 Å². The highest BCUT2D eigenvalue weighted by molar-refractivity contribution is 7.98. The quantitative estimate of drug-likeness (QED) is 0.446. The number of methoxy groups -OCH3 is 1. The molecule has 3 rings (SSSR count). The van der Waals surface area contributed by atoms with Crippen LogP contribution in [0.2, 0.25) is 5.15 Å². The van der Waals surface area contributed by atoms with Gasteiger partial charge < -0.3 is 14.4 Å². The highest BCUT2D eigenvalue weighted by Crippen LogP contribution is 2.29. The molecule has 0 saturated carbocycles. The second-order valence-corrected chi connectivity index (χ2v) is 6.92. The van der Waals surface area contributed by atoms with E-state index in [2.05, 4.69) is 19.9 Å². The molecule has 8 heteroatoms. The summed E-state index contributed by atoms with van der Waals surface area (Å²) in [7, 11) is 1.60. The summed E-state index contributed by atoms with van der Waals surface area (Å²) in [5.41, 5.74) is 0.929. The predicted molar refractivity (Wildman–Crippen MR) is 100 cm³/mol. The van der Waals surface area contributed by atoms with E-state index in [-0.39, 0.29) is 6.10 Å². The Kier molecular flexibility index (Phi) is 5.86. The highest BCUT2D eigenvalue weighted by atomic mass is 35.5. The van der Waals surface area contributed by atoms with Gasteiger partial charge in [-0.1, -0.05) is 23.4 Å². The average Bonchev–Trinajstić information content (AvgIpc) is 2.65. The summed E-state index contributed by atoms with van der Waals surface area (Å²) < 4.78 is 11.1. The van der Waals surface area contributed by atoms with Crippen molar-refractivity contribution in [3.05, 3.63) is 29.0 Å². The molecule has 2 aromatic rings. The van der Waals surface area contributed by atoms with Crippen molar-refractivity contribution in [1.29, 1.82) is 0 Å². The molecule has 0 atom stereocenters. The number of aromatic nitrogens is 3. The smallest absolute Gasteiger partial charge is 0.213 e. The van der Waals surface area contributed by atoms with Crippen molar-refractivity contribution in [2.75, 3.05) is 31.4 Å². The summed E-state index contributed by atoms with van der Waals surface area (Å²) in [4.78, 5) is 15.3. The van der Waals surface area contributed by atoms with Gasteiger partial charge in [-0.2, -0.15) is 0 Å². The first-order valence-electron chi connectivity index (χ1n) is 8.10. The van der Waals surface area contributed by atoms with Gasteiger partial charge in [0.2, 0.25) is 5.88 Å². The van der Waals surface area contributed by atoms with Gasteiger partial charge in [-0.05, 0) is 19.2 Å². The lowest BCUT2D eigenvalue weighted by atomic mass is 10.1. The second kappa shape index (κ2) is 8.10. The number of ether oxygens (including phenoxy) is 2. The maximum atomic E-state index is 6.24. The van der Waals surface area contributed by atoms with Crippen molar-refractivity contribution in [3.63, 3.8) is 0 Å². The lowest BCUT2D eigenvalue weighted by Gasteiger charge is -2.33. The molecule has 0 bridgehead atoms. The Morgan fingerprint density at radius 2 is 2.00 bits per heavy atom. The van der Waals surface area contributed by atoms with Gasteiger partial charge in [0.05, 0.1) is 13.3 Å². The Labute approximate surface area is 156 Å². The Morgan fingerprint density at radius 3 is 2.60 bits per heavy atom. The molecule has 1 aliphatic heterocycles. The number of piperidine rings is 1. The van der Waals surface area contributed by atoms with Gasteiger partial charge in [0.1, 0.15) is 22.8 Å². The standard InChI is InChI=1S/C17H21ClN4O2S/c1-11-15(18)20-17(25-3)21-16(11)22-8-6-12(7-9-22)24-13-4-5-14(23-2)19-10-13/h4-5,10,12H,6-9H2,1-3H3. The van der Waals surface area contributed by atoms with Gasteiger partial charge in [0, 0.05) is 37.6 Å². The van der Waals surface area contributed by atoms with Crippen molar-refractivity contribution in [3.8, 4) is 11.6 Å². The Morgan fingerprint density at radius 1 is 1.24 bits per heavy atom. The van der Waals surface area contributed by atoms with E-state index in [1.807, 2.05) is 19.2 Å². The summed E-state index contributed by atoms with van der Waals surface area (Å²) in [6.45, 7) is 3.71. The van der Waals surface area contributed by atoms with Crippen molar-refractivity contribution in [2.24, 2.45) is 0 Å². The second-order valence-electron chi connectivity index (χ2n) is 5.79. The van der Waals surface area contributed by atoms with Crippen LogP contribution in [0.3, 0.4) is 0 Å². The zero-order valence-electron chi connectivity index (χ0n) is 14.5. The normalized spacial score (nSPS) is 15.3. The first-order valence-corrected chi connectivity index (χ1v) is 9.70. The SMILES string of the molecule is COc1ccc(OC2CCN(c3nc(SC)nc(Cl)c3C)CC2)cn1. The van der Waals surface area contributed by atoms with Crippen molar-refractivity contribution in [2.45, 2.75) is 31.0 Å². The van der Waals surface area contributed by atoms with E-state index < -0.39 is 0 Å². The van der Waals surface area contributed by atoms with E-state index in [0.717, 1.165) is 43.1 Å². The fourth-order valence-electron chi connectivity index (χ4n) is 2.79. The third kappa shape index (κ3) is 4.27. The van der Waals surface area contributed by atoms with E-state index >= 15 is 0 Å².